The van der Waals surface area contributed by atoms with Crippen molar-refractivity contribution in [2.75, 3.05) is 5.33 Å². The SMILES string of the molecule is C=C(CCCCCCCCCCCCBr)C(=O)O. The Labute approximate surface area is 120 Å². The number of carboxylic acid groups (broad SMARTS) is 1. The van der Waals surface area contributed by atoms with Crippen molar-refractivity contribution in [3.8, 4) is 0 Å². The number of rotatable bonds is 13. The van der Waals surface area contributed by atoms with Gasteiger partial charge in [0.1, 0.15) is 0 Å². The summed E-state index contributed by atoms with van der Waals surface area (Å²) >= 11 is 3.44. The van der Waals surface area contributed by atoms with Crippen LogP contribution in [0.15, 0.2) is 12.2 Å². The molecule has 0 aliphatic carbocycles. The molecule has 0 spiro atoms. The summed E-state index contributed by atoms with van der Waals surface area (Å²) < 4.78 is 0. The molecule has 0 aromatic heterocycles. The van der Waals surface area contributed by atoms with Crippen LogP contribution in [0.2, 0.25) is 0 Å². The minimum absolute atomic E-state index is 0.349. The maximum absolute atomic E-state index is 10.5. The van der Waals surface area contributed by atoms with Gasteiger partial charge in [0, 0.05) is 10.9 Å². The largest absolute Gasteiger partial charge is 0.478 e. The van der Waals surface area contributed by atoms with Crippen LogP contribution in [0, 0.1) is 0 Å². The highest BCUT2D eigenvalue weighted by Crippen LogP contribution is 2.13. The lowest BCUT2D eigenvalue weighted by Gasteiger charge is -2.02. The first-order chi connectivity index (χ1) is 8.68. The van der Waals surface area contributed by atoms with E-state index in [-0.39, 0.29) is 0 Å². The Balaban J connectivity index is 3.07. The Kier molecular flexibility index (Phi) is 12.9. The second kappa shape index (κ2) is 13.1. The fourth-order valence-corrected chi connectivity index (χ4v) is 2.35. The molecule has 1 N–H and O–H groups in total. The fourth-order valence-electron chi connectivity index (χ4n) is 1.95. The van der Waals surface area contributed by atoms with Crippen LogP contribution in [0.25, 0.3) is 0 Å². The molecule has 18 heavy (non-hydrogen) atoms. The molecular formula is C15H27BrO2. The quantitative estimate of drug-likeness (QED) is 0.284. The lowest BCUT2D eigenvalue weighted by Crippen LogP contribution is -1.98. The summed E-state index contributed by atoms with van der Waals surface area (Å²) in [6.45, 7) is 3.53. The predicted molar refractivity (Wildman–Crippen MR) is 81.4 cm³/mol. The molecule has 0 heterocycles. The third-order valence-electron chi connectivity index (χ3n) is 3.16. The number of unbranched alkanes of at least 4 members (excludes halogenated alkanes) is 9. The number of aliphatic carboxylic acids is 1. The average Bonchev–Trinajstić information content (AvgIpc) is 2.35. The van der Waals surface area contributed by atoms with E-state index < -0.39 is 5.97 Å². The Morgan fingerprint density at radius 3 is 1.61 bits per heavy atom. The van der Waals surface area contributed by atoms with Crippen LogP contribution in [-0.2, 0) is 4.79 Å². The minimum Gasteiger partial charge on any atom is -0.478 e. The van der Waals surface area contributed by atoms with Crippen molar-refractivity contribution in [3.05, 3.63) is 12.2 Å². The molecule has 0 fully saturated rings. The van der Waals surface area contributed by atoms with Crippen LogP contribution in [0.4, 0.5) is 0 Å². The van der Waals surface area contributed by atoms with E-state index in [1.807, 2.05) is 0 Å². The van der Waals surface area contributed by atoms with E-state index in [4.69, 9.17) is 5.11 Å². The van der Waals surface area contributed by atoms with Gasteiger partial charge in [0.2, 0.25) is 0 Å². The van der Waals surface area contributed by atoms with E-state index in [0.717, 1.165) is 18.2 Å². The van der Waals surface area contributed by atoms with Crippen LogP contribution >= 0.6 is 15.9 Å². The first-order valence-corrected chi connectivity index (χ1v) is 8.27. The normalized spacial score (nSPS) is 10.5. The Morgan fingerprint density at radius 2 is 1.22 bits per heavy atom. The molecule has 0 saturated heterocycles. The van der Waals surface area contributed by atoms with Crippen molar-refractivity contribution < 1.29 is 9.90 Å². The van der Waals surface area contributed by atoms with Gasteiger partial charge in [-0.2, -0.15) is 0 Å². The lowest BCUT2D eigenvalue weighted by atomic mass is 10.0. The van der Waals surface area contributed by atoms with Gasteiger partial charge in [-0.15, -0.1) is 0 Å². The van der Waals surface area contributed by atoms with E-state index in [9.17, 15) is 4.79 Å². The Morgan fingerprint density at radius 1 is 0.833 bits per heavy atom. The van der Waals surface area contributed by atoms with Crippen molar-refractivity contribution in [1.82, 2.24) is 0 Å². The number of alkyl halides is 1. The highest BCUT2D eigenvalue weighted by atomic mass is 79.9. The summed E-state index contributed by atoms with van der Waals surface area (Å²) in [4.78, 5) is 10.5. The topological polar surface area (TPSA) is 37.3 Å². The lowest BCUT2D eigenvalue weighted by molar-refractivity contribution is -0.132. The van der Waals surface area contributed by atoms with Gasteiger partial charge in [-0.1, -0.05) is 73.9 Å². The van der Waals surface area contributed by atoms with Gasteiger partial charge in [-0.25, -0.2) is 4.79 Å². The number of carbonyl (C=O) groups is 1. The summed E-state index contributed by atoms with van der Waals surface area (Å²) in [5.41, 5.74) is 0.349. The predicted octanol–water partition coefficient (Wildman–Crippen LogP) is 5.31. The zero-order valence-electron chi connectivity index (χ0n) is 11.4. The third kappa shape index (κ3) is 12.2. The minimum atomic E-state index is -0.849. The zero-order valence-corrected chi connectivity index (χ0v) is 13.0. The summed E-state index contributed by atoms with van der Waals surface area (Å²) in [5, 5.41) is 9.77. The summed E-state index contributed by atoms with van der Waals surface area (Å²) in [5.74, 6) is -0.849. The van der Waals surface area contributed by atoms with E-state index in [0.29, 0.717) is 12.0 Å². The second-order valence-corrected chi connectivity index (χ2v) is 5.68. The highest BCUT2D eigenvalue weighted by Gasteiger charge is 2.02. The Bertz CT molecular complexity index is 227. The Hall–Kier alpha value is -0.310. The van der Waals surface area contributed by atoms with Crippen LogP contribution in [0.3, 0.4) is 0 Å². The van der Waals surface area contributed by atoms with Crippen molar-refractivity contribution >= 4 is 21.9 Å². The van der Waals surface area contributed by atoms with Gasteiger partial charge in [-0.3, -0.25) is 0 Å². The molecule has 0 aliphatic rings. The number of hydrogen-bond acceptors (Lipinski definition) is 1. The van der Waals surface area contributed by atoms with Gasteiger partial charge in [0.05, 0.1) is 0 Å². The molecule has 3 heteroatoms. The third-order valence-corrected chi connectivity index (χ3v) is 3.73. The molecule has 0 unspecified atom stereocenters. The van der Waals surface area contributed by atoms with Crippen molar-refractivity contribution in [3.63, 3.8) is 0 Å². The van der Waals surface area contributed by atoms with E-state index in [1.54, 1.807) is 0 Å². The van der Waals surface area contributed by atoms with Crippen molar-refractivity contribution in [2.45, 2.75) is 70.6 Å². The van der Waals surface area contributed by atoms with Crippen LogP contribution in [0.5, 0.6) is 0 Å². The van der Waals surface area contributed by atoms with E-state index in [1.165, 1.54) is 51.4 Å². The molecule has 0 bridgehead atoms. The van der Waals surface area contributed by atoms with Gasteiger partial charge < -0.3 is 5.11 Å². The summed E-state index contributed by atoms with van der Waals surface area (Å²) in [7, 11) is 0. The molecule has 0 radical (unpaired) electrons. The van der Waals surface area contributed by atoms with Gasteiger partial charge in [0.25, 0.3) is 0 Å². The molecule has 0 rings (SSSR count). The van der Waals surface area contributed by atoms with Crippen molar-refractivity contribution in [2.24, 2.45) is 0 Å². The molecule has 0 aliphatic heterocycles. The monoisotopic (exact) mass is 318 g/mol. The highest BCUT2D eigenvalue weighted by molar-refractivity contribution is 9.09. The maximum Gasteiger partial charge on any atom is 0.330 e. The first kappa shape index (κ1) is 17.7. The molecule has 0 atom stereocenters. The van der Waals surface area contributed by atoms with E-state index >= 15 is 0 Å². The van der Waals surface area contributed by atoms with Crippen LogP contribution in [-0.4, -0.2) is 16.4 Å². The number of hydrogen-bond donors (Lipinski definition) is 1. The van der Waals surface area contributed by atoms with Gasteiger partial charge >= 0.3 is 5.97 Å². The first-order valence-electron chi connectivity index (χ1n) is 7.15. The second-order valence-electron chi connectivity index (χ2n) is 4.88. The molecule has 0 aromatic rings. The average molecular weight is 319 g/mol. The standard InChI is InChI=1S/C15H27BrO2/c1-14(15(17)18)12-10-8-6-4-2-3-5-7-9-11-13-16/h1-13H2,(H,17,18). The molecular weight excluding hydrogens is 292 g/mol. The van der Waals surface area contributed by atoms with Gasteiger partial charge in [-0.05, 0) is 19.3 Å². The van der Waals surface area contributed by atoms with Crippen molar-refractivity contribution in [1.29, 1.82) is 0 Å². The number of halogens is 1. The molecule has 0 aromatic carbocycles. The molecule has 0 saturated carbocycles. The summed E-state index contributed by atoms with van der Waals surface area (Å²) in [6.07, 6.45) is 13.3. The molecule has 0 amide bonds. The smallest absolute Gasteiger partial charge is 0.330 e. The fraction of sp³-hybridized carbons (Fsp3) is 0.800. The zero-order chi connectivity index (χ0) is 13.6. The maximum atomic E-state index is 10.5. The van der Waals surface area contributed by atoms with Crippen LogP contribution < -0.4 is 0 Å². The van der Waals surface area contributed by atoms with E-state index in [2.05, 4.69) is 22.5 Å². The molecule has 106 valence electrons. The van der Waals surface area contributed by atoms with Gasteiger partial charge in [0.15, 0.2) is 0 Å². The number of carboxylic acids is 1. The van der Waals surface area contributed by atoms with Crippen LogP contribution in [0.1, 0.15) is 70.6 Å². The summed E-state index contributed by atoms with van der Waals surface area (Å²) in [6, 6.07) is 0. The molecule has 2 nitrogen and oxygen atoms in total.